The summed E-state index contributed by atoms with van der Waals surface area (Å²) in [5, 5.41) is 12.4. The first-order chi connectivity index (χ1) is 7.76. The Hall–Kier alpha value is -2.26. The molecule has 0 fully saturated rings. The Balaban J connectivity index is 2.59. The number of hydrogen-bond acceptors (Lipinski definition) is 4. The molecule has 0 unspecified atom stereocenters. The van der Waals surface area contributed by atoms with Gasteiger partial charge in [-0.25, -0.2) is 14.1 Å². The molecule has 0 spiro atoms. The van der Waals surface area contributed by atoms with Gasteiger partial charge in [-0.05, 0) is 11.6 Å². The van der Waals surface area contributed by atoms with E-state index in [0.717, 1.165) is 0 Å². The Labute approximate surface area is 90.9 Å². The maximum absolute atomic E-state index is 13.6. The van der Waals surface area contributed by atoms with E-state index in [1.54, 1.807) is 18.2 Å². The van der Waals surface area contributed by atoms with Crippen LogP contribution in [0.3, 0.4) is 0 Å². The van der Waals surface area contributed by atoms with Gasteiger partial charge in [-0.1, -0.05) is 12.1 Å². The molecule has 0 bridgehead atoms. The van der Waals surface area contributed by atoms with Crippen LogP contribution in [0.15, 0.2) is 24.5 Å². The quantitative estimate of drug-likeness (QED) is 0.804. The van der Waals surface area contributed by atoms with Gasteiger partial charge >= 0.3 is 0 Å². The summed E-state index contributed by atoms with van der Waals surface area (Å²) in [6.07, 6.45) is 1.29. The van der Waals surface area contributed by atoms with Crippen LogP contribution in [0, 0.1) is 17.1 Å². The van der Waals surface area contributed by atoms with Crippen molar-refractivity contribution in [2.45, 2.75) is 6.54 Å². The number of para-hydroxylation sites is 1. The van der Waals surface area contributed by atoms with Crippen LogP contribution in [0.5, 0.6) is 0 Å². The standard InChI is InChI=1S/C10H8FN5/c11-8-3-1-2-7(4-12)10(8)16-6-14-9(5-13)15-16/h1-3,6H,4,12H2. The molecule has 0 radical (unpaired) electrons. The average molecular weight is 217 g/mol. The second-order valence-corrected chi connectivity index (χ2v) is 3.08. The maximum atomic E-state index is 13.6. The molecule has 0 atom stereocenters. The maximum Gasteiger partial charge on any atom is 0.252 e. The van der Waals surface area contributed by atoms with Crippen molar-refractivity contribution in [2.75, 3.05) is 0 Å². The van der Waals surface area contributed by atoms with E-state index in [9.17, 15) is 4.39 Å². The minimum absolute atomic E-state index is 0.00813. The van der Waals surface area contributed by atoms with Crippen molar-refractivity contribution in [3.63, 3.8) is 0 Å². The normalized spacial score (nSPS) is 10.1. The van der Waals surface area contributed by atoms with Crippen LogP contribution in [0.25, 0.3) is 5.69 Å². The molecule has 0 aliphatic heterocycles. The van der Waals surface area contributed by atoms with E-state index in [4.69, 9.17) is 11.0 Å². The molecule has 1 heterocycles. The van der Waals surface area contributed by atoms with Crippen molar-refractivity contribution < 1.29 is 4.39 Å². The zero-order valence-electron chi connectivity index (χ0n) is 8.26. The number of nitriles is 1. The minimum atomic E-state index is -0.447. The molecule has 0 saturated carbocycles. The molecule has 80 valence electrons. The van der Waals surface area contributed by atoms with Crippen molar-refractivity contribution in [3.05, 3.63) is 41.7 Å². The van der Waals surface area contributed by atoms with Gasteiger partial charge in [0.2, 0.25) is 0 Å². The molecule has 0 aliphatic carbocycles. The first kappa shape index (κ1) is 10.3. The van der Waals surface area contributed by atoms with Crippen LogP contribution in [-0.2, 0) is 6.54 Å². The van der Waals surface area contributed by atoms with Crippen molar-refractivity contribution in [2.24, 2.45) is 5.73 Å². The van der Waals surface area contributed by atoms with Gasteiger partial charge in [0.15, 0.2) is 0 Å². The summed E-state index contributed by atoms with van der Waals surface area (Å²) in [5.74, 6) is -0.455. The van der Waals surface area contributed by atoms with Gasteiger partial charge in [0.05, 0.1) is 0 Å². The molecule has 0 aliphatic rings. The van der Waals surface area contributed by atoms with Gasteiger partial charge < -0.3 is 5.73 Å². The van der Waals surface area contributed by atoms with Crippen LogP contribution < -0.4 is 5.73 Å². The van der Waals surface area contributed by atoms with E-state index in [1.165, 1.54) is 17.1 Å². The lowest BCUT2D eigenvalue weighted by Crippen LogP contribution is -2.07. The minimum Gasteiger partial charge on any atom is -0.326 e. The summed E-state index contributed by atoms with van der Waals surface area (Å²) in [5.41, 5.74) is 6.34. The fourth-order valence-electron chi connectivity index (χ4n) is 1.40. The Bertz CT molecular complexity index is 555. The first-order valence-corrected chi connectivity index (χ1v) is 4.56. The predicted octanol–water partition coefficient (Wildman–Crippen LogP) is 0.737. The predicted molar refractivity (Wildman–Crippen MR) is 53.9 cm³/mol. The van der Waals surface area contributed by atoms with Gasteiger partial charge in [-0.3, -0.25) is 0 Å². The van der Waals surface area contributed by atoms with Crippen LogP contribution >= 0.6 is 0 Å². The fourth-order valence-corrected chi connectivity index (χ4v) is 1.40. The summed E-state index contributed by atoms with van der Waals surface area (Å²) in [7, 11) is 0. The van der Waals surface area contributed by atoms with Crippen LogP contribution in [0.4, 0.5) is 4.39 Å². The number of hydrogen-bond donors (Lipinski definition) is 1. The lowest BCUT2D eigenvalue weighted by molar-refractivity contribution is 0.606. The number of rotatable bonds is 2. The van der Waals surface area contributed by atoms with E-state index in [1.807, 2.05) is 0 Å². The molecule has 2 aromatic rings. The zero-order chi connectivity index (χ0) is 11.5. The fraction of sp³-hybridized carbons (Fsp3) is 0.100. The molecule has 16 heavy (non-hydrogen) atoms. The highest BCUT2D eigenvalue weighted by atomic mass is 19.1. The summed E-state index contributed by atoms with van der Waals surface area (Å²) >= 11 is 0. The summed E-state index contributed by atoms with van der Waals surface area (Å²) in [6.45, 7) is 0.189. The summed E-state index contributed by atoms with van der Waals surface area (Å²) in [6, 6.07) is 6.36. The largest absolute Gasteiger partial charge is 0.326 e. The number of benzene rings is 1. The molecule has 1 aromatic carbocycles. The molecule has 6 heteroatoms. The SMILES string of the molecule is N#Cc1ncn(-c2c(F)cccc2CN)n1. The number of aromatic nitrogens is 3. The third kappa shape index (κ3) is 1.64. The third-order valence-electron chi connectivity index (χ3n) is 2.11. The van der Waals surface area contributed by atoms with E-state index in [2.05, 4.69) is 10.1 Å². The highest BCUT2D eigenvalue weighted by Gasteiger charge is 2.11. The Morgan fingerprint density at radius 3 is 2.94 bits per heavy atom. The van der Waals surface area contributed by atoms with Gasteiger partial charge in [-0.15, -0.1) is 5.10 Å². The second-order valence-electron chi connectivity index (χ2n) is 3.08. The van der Waals surface area contributed by atoms with Crippen LogP contribution in [0.1, 0.15) is 11.4 Å². The van der Waals surface area contributed by atoms with Crippen molar-refractivity contribution in [1.82, 2.24) is 14.8 Å². The van der Waals surface area contributed by atoms with Crippen LogP contribution in [-0.4, -0.2) is 14.8 Å². The Morgan fingerprint density at radius 1 is 1.50 bits per heavy atom. The van der Waals surface area contributed by atoms with Gasteiger partial charge in [0.25, 0.3) is 5.82 Å². The van der Waals surface area contributed by atoms with E-state index >= 15 is 0 Å². The van der Waals surface area contributed by atoms with Crippen molar-refractivity contribution in [1.29, 1.82) is 5.26 Å². The highest BCUT2D eigenvalue weighted by Crippen LogP contribution is 2.17. The summed E-state index contributed by atoms with van der Waals surface area (Å²) in [4.78, 5) is 3.71. The summed E-state index contributed by atoms with van der Waals surface area (Å²) < 4.78 is 14.8. The lowest BCUT2D eigenvalue weighted by Gasteiger charge is -2.07. The monoisotopic (exact) mass is 217 g/mol. The molecule has 0 saturated heterocycles. The molecule has 1 aromatic heterocycles. The molecule has 5 nitrogen and oxygen atoms in total. The molecule has 0 amide bonds. The molecule has 2 N–H and O–H groups in total. The van der Waals surface area contributed by atoms with Gasteiger partial charge in [0, 0.05) is 6.54 Å². The first-order valence-electron chi connectivity index (χ1n) is 4.56. The van der Waals surface area contributed by atoms with E-state index in [-0.39, 0.29) is 18.1 Å². The van der Waals surface area contributed by atoms with Crippen molar-refractivity contribution >= 4 is 0 Å². The smallest absolute Gasteiger partial charge is 0.252 e. The topological polar surface area (TPSA) is 80.5 Å². The van der Waals surface area contributed by atoms with E-state index in [0.29, 0.717) is 5.56 Å². The lowest BCUT2D eigenvalue weighted by atomic mass is 10.1. The molecular weight excluding hydrogens is 209 g/mol. The average Bonchev–Trinajstić information content (AvgIpc) is 2.76. The highest BCUT2D eigenvalue weighted by molar-refractivity contribution is 5.41. The zero-order valence-corrected chi connectivity index (χ0v) is 8.26. The van der Waals surface area contributed by atoms with E-state index < -0.39 is 5.82 Å². The van der Waals surface area contributed by atoms with Gasteiger partial charge in [-0.2, -0.15) is 5.26 Å². The van der Waals surface area contributed by atoms with Crippen LogP contribution in [0.2, 0.25) is 0 Å². The second kappa shape index (κ2) is 4.08. The molecule has 2 rings (SSSR count). The molecular formula is C10H8FN5. The number of nitrogens with zero attached hydrogens (tertiary/aromatic N) is 4. The Kier molecular flexibility index (Phi) is 2.62. The number of halogens is 1. The van der Waals surface area contributed by atoms with Gasteiger partial charge in [0.1, 0.15) is 23.9 Å². The van der Waals surface area contributed by atoms with Crippen molar-refractivity contribution in [3.8, 4) is 11.8 Å². The Morgan fingerprint density at radius 2 is 2.31 bits per heavy atom. The third-order valence-corrected chi connectivity index (χ3v) is 2.11. The number of nitrogens with two attached hydrogens (primary N) is 1.